The molecule has 2 fully saturated rings. The second kappa shape index (κ2) is 7.41. The molecule has 2 aliphatic heterocycles. The molecule has 0 amide bonds. The minimum absolute atomic E-state index is 0.0945. The molecule has 2 unspecified atom stereocenters. The van der Waals surface area contributed by atoms with Crippen LogP contribution in [0.1, 0.15) is 68.2 Å². The van der Waals surface area contributed by atoms with Gasteiger partial charge in [-0.25, -0.2) is 0 Å². The first-order valence-electron chi connectivity index (χ1n) is 10.1. The lowest BCUT2D eigenvalue weighted by atomic mass is 9.80. The minimum Gasteiger partial charge on any atom is -0.313 e. The highest BCUT2D eigenvalue weighted by molar-refractivity contribution is 5.92. The predicted octanol–water partition coefficient (Wildman–Crippen LogP) is 1.35. The van der Waals surface area contributed by atoms with E-state index in [2.05, 4.69) is 10.6 Å². The monoisotopic (exact) mass is 398 g/mol. The molecule has 2 rings (SSSR count). The Morgan fingerprint density at radius 3 is 1.32 bits per heavy atom. The molecule has 4 N–H and O–H groups in total. The zero-order valence-electron chi connectivity index (χ0n) is 18.6. The predicted molar refractivity (Wildman–Crippen MR) is 106 cm³/mol. The quantitative estimate of drug-likeness (QED) is 0.550. The number of hydrogen-bond acceptors (Lipinski definition) is 8. The largest absolute Gasteiger partial charge is 0.313 e. The molecule has 0 radical (unpaired) electrons. The van der Waals surface area contributed by atoms with Gasteiger partial charge in [-0.15, -0.1) is 0 Å². The molecule has 0 bridgehead atoms. The number of nitrogens with zero attached hydrogens (tertiary/aromatic N) is 2. The van der Waals surface area contributed by atoms with Crippen molar-refractivity contribution < 1.29 is 20.0 Å². The number of nitrogens with one attached hydrogen (secondary N) is 2. The van der Waals surface area contributed by atoms with E-state index in [4.69, 9.17) is 0 Å². The van der Waals surface area contributed by atoms with E-state index in [1.54, 1.807) is 0 Å². The smallest absolute Gasteiger partial charge is 0.152 e. The first-order chi connectivity index (χ1) is 12.5. The van der Waals surface area contributed by atoms with Crippen molar-refractivity contribution in [2.24, 2.45) is 0 Å². The van der Waals surface area contributed by atoms with Gasteiger partial charge in [-0.3, -0.25) is 9.59 Å². The van der Waals surface area contributed by atoms with Crippen LogP contribution in [0.25, 0.3) is 0 Å². The van der Waals surface area contributed by atoms with Gasteiger partial charge in [-0.1, -0.05) is 0 Å². The van der Waals surface area contributed by atoms with Gasteiger partial charge in [-0.05, 0) is 55.4 Å². The van der Waals surface area contributed by atoms with Gasteiger partial charge in [0.2, 0.25) is 0 Å². The van der Waals surface area contributed by atoms with Crippen LogP contribution in [0.3, 0.4) is 0 Å². The summed E-state index contributed by atoms with van der Waals surface area (Å²) < 4.78 is 0. The lowest BCUT2D eigenvalue weighted by Crippen LogP contribution is -2.73. The lowest BCUT2D eigenvalue weighted by Gasteiger charge is -2.53. The third-order valence-electron chi connectivity index (χ3n) is 6.39. The van der Waals surface area contributed by atoms with E-state index in [1.807, 2.05) is 55.4 Å². The fourth-order valence-electron chi connectivity index (χ4n) is 4.71. The van der Waals surface area contributed by atoms with Gasteiger partial charge in [0.1, 0.15) is 0 Å². The molecule has 2 aliphatic rings. The number of piperazine rings is 2. The number of hydroxylamine groups is 4. The Kier molecular flexibility index (Phi) is 6.19. The zero-order valence-corrected chi connectivity index (χ0v) is 18.6. The first kappa shape index (κ1) is 23.4. The van der Waals surface area contributed by atoms with Crippen molar-refractivity contribution in [2.75, 3.05) is 13.1 Å². The highest BCUT2D eigenvalue weighted by Gasteiger charge is 2.51. The Balaban J connectivity index is 2.02. The summed E-state index contributed by atoms with van der Waals surface area (Å²) >= 11 is 0. The number of rotatable bonds is 5. The molecule has 0 saturated carbocycles. The minimum atomic E-state index is -0.782. The molecule has 8 heteroatoms. The summed E-state index contributed by atoms with van der Waals surface area (Å²) in [5.41, 5.74) is -2.53. The van der Waals surface area contributed by atoms with Gasteiger partial charge < -0.3 is 21.0 Å². The Morgan fingerprint density at radius 1 is 0.750 bits per heavy atom. The Hall–Kier alpha value is -0.900. The van der Waals surface area contributed by atoms with Crippen LogP contribution in [0.5, 0.6) is 0 Å². The molecular formula is C20H38N4O4. The van der Waals surface area contributed by atoms with E-state index in [-0.39, 0.29) is 24.4 Å². The van der Waals surface area contributed by atoms with Crippen molar-refractivity contribution in [1.29, 1.82) is 0 Å². The summed E-state index contributed by atoms with van der Waals surface area (Å²) in [7, 11) is 0. The molecule has 0 aromatic rings. The molecule has 0 aromatic carbocycles. The molecule has 28 heavy (non-hydrogen) atoms. The van der Waals surface area contributed by atoms with Gasteiger partial charge >= 0.3 is 0 Å². The van der Waals surface area contributed by atoms with Crippen molar-refractivity contribution in [1.82, 2.24) is 20.8 Å². The van der Waals surface area contributed by atoms with Crippen molar-refractivity contribution >= 4 is 11.6 Å². The van der Waals surface area contributed by atoms with Crippen LogP contribution in [0.2, 0.25) is 0 Å². The maximum absolute atomic E-state index is 12.9. The van der Waals surface area contributed by atoms with E-state index in [0.29, 0.717) is 13.1 Å². The maximum atomic E-state index is 12.9. The highest BCUT2D eigenvalue weighted by atomic mass is 16.5. The summed E-state index contributed by atoms with van der Waals surface area (Å²) in [6, 6.07) is -1.11. The SMILES string of the molecule is CC1(C)CNC(C(=O)CCC(=O)C2NCC(C)(C)N(O)C2(C)C)C(C)(C)N1O. The summed E-state index contributed by atoms with van der Waals surface area (Å²) in [4.78, 5) is 25.7. The molecule has 162 valence electrons. The Bertz CT molecular complexity index is 576. The van der Waals surface area contributed by atoms with Crippen LogP contribution in [-0.4, -0.2) is 79.4 Å². The zero-order chi connectivity index (χ0) is 21.7. The Morgan fingerprint density at radius 2 is 1.04 bits per heavy atom. The van der Waals surface area contributed by atoms with Crippen LogP contribution in [-0.2, 0) is 9.59 Å². The topological polar surface area (TPSA) is 105 Å². The molecular weight excluding hydrogens is 360 g/mol. The van der Waals surface area contributed by atoms with Gasteiger partial charge in [-0.2, -0.15) is 10.1 Å². The van der Waals surface area contributed by atoms with Gasteiger partial charge in [0, 0.05) is 25.9 Å². The van der Waals surface area contributed by atoms with Gasteiger partial charge in [0.15, 0.2) is 11.6 Å². The molecule has 2 atom stereocenters. The average molecular weight is 399 g/mol. The molecule has 0 spiro atoms. The third kappa shape index (κ3) is 4.04. The summed E-state index contributed by atoms with van der Waals surface area (Å²) in [6.07, 6.45) is 0.189. The normalized spacial score (nSPS) is 32.1. The molecule has 0 aliphatic carbocycles. The van der Waals surface area contributed by atoms with Crippen molar-refractivity contribution in [3.05, 3.63) is 0 Å². The second-order valence-electron chi connectivity index (χ2n) is 10.6. The highest BCUT2D eigenvalue weighted by Crippen LogP contribution is 2.33. The van der Waals surface area contributed by atoms with Gasteiger partial charge in [0.25, 0.3) is 0 Å². The van der Waals surface area contributed by atoms with Crippen molar-refractivity contribution in [3.8, 4) is 0 Å². The third-order valence-corrected chi connectivity index (χ3v) is 6.39. The number of ketones is 2. The van der Waals surface area contributed by atoms with Crippen LogP contribution in [0, 0.1) is 0 Å². The summed E-state index contributed by atoms with van der Waals surface area (Å²) in [5, 5.41) is 30.1. The van der Waals surface area contributed by atoms with Crippen LogP contribution < -0.4 is 10.6 Å². The van der Waals surface area contributed by atoms with Gasteiger partial charge in [0.05, 0.1) is 34.2 Å². The first-order valence-corrected chi connectivity index (χ1v) is 10.1. The molecule has 2 saturated heterocycles. The van der Waals surface area contributed by atoms with E-state index in [1.165, 1.54) is 10.1 Å². The van der Waals surface area contributed by atoms with E-state index in [9.17, 15) is 20.0 Å². The number of Topliss-reactive ketones (excluding diaryl/α,β-unsaturated/α-hetero) is 2. The molecule has 8 nitrogen and oxygen atoms in total. The number of carbonyl (C=O) groups excluding carboxylic acids is 2. The van der Waals surface area contributed by atoms with Crippen molar-refractivity contribution in [3.63, 3.8) is 0 Å². The lowest BCUT2D eigenvalue weighted by molar-refractivity contribution is -0.245. The average Bonchev–Trinajstić information content (AvgIpc) is 2.55. The van der Waals surface area contributed by atoms with Crippen LogP contribution >= 0.6 is 0 Å². The Labute approximate surface area is 168 Å². The number of hydrogen-bond donors (Lipinski definition) is 4. The van der Waals surface area contributed by atoms with E-state index >= 15 is 0 Å². The van der Waals surface area contributed by atoms with Crippen molar-refractivity contribution in [2.45, 2.75) is 102 Å². The molecule has 2 heterocycles. The van der Waals surface area contributed by atoms with Crippen LogP contribution in [0.15, 0.2) is 0 Å². The van der Waals surface area contributed by atoms with E-state index in [0.717, 1.165) is 0 Å². The maximum Gasteiger partial charge on any atom is 0.152 e. The second-order valence-corrected chi connectivity index (χ2v) is 10.6. The molecule has 0 aromatic heterocycles. The summed E-state index contributed by atoms with van der Waals surface area (Å²) in [5.74, 6) is -0.189. The standard InChI is InChI=1S/C20H38N4O4/c1-17(2)11-21-15(19(5,6)23(17)27)13(25)9-10-14(26)16-20(7,8)24(28)18(3,4)12-22-16/h15-16,21-22,27-28H,9-12H2,1-8H3. The summed E-state index contributed by atoms with van der Waals surface area (Å²) in [6.45, 7) is 15.9. The fourth-order valence-corrected chi connectivity index (χ4v) is 4.71. The number of carbonyl (C=O) groups is 2. The fraction of sp³-hybridized carbons (Fsp3) is 0.900. The van der Waals surface area contributed by atoms with E-state index < -0.39 is 34.2 Å². The van der Waals surface area contributed by atoms with Crippen LogP contribution in [0.4, 0.5) is 0 Å².